The first-order valence-corrected chi connectivity index (χ1v) is 6.76. The van der Waals surface area contributed by atoms with Gasteiger partial charge in [0.15, 0.2) is 0 Å². The maximum absolute atomic E-state index is 3.83. The molecule has 0 fully saturated rings. The Morgan fingerprint density at radius 1 is 1.21 bits per heavy atom. The Bertz CT molecular complexity index is 545. The van der Waals surface area contributed by atoms with E-state index in [9.17, 15) is 0 Å². The molecule has 2 aromatic rings. The molecular weight excluding hydrogens is 236 g/mol. The first kappa shape index (κ1) is 12.0. The Morgan fingerprint density at radius 3 is 2.89 bits per heavy atom. The van der Waals surface area contributed by atoms with Gasteiger partial charge in [-0.15, -0.1) is 10.2 Å². The average molecular weight is 254 g/mol. The second-order valence-electron chi connectivity index (χ2n) is 4.95. The number of hydrogen-bond donors (Lipinski definition) is 1. The summed E-state index contributed by atoms with van der Waals surface area (Å²) in [5.74, 6) is 0.753. The van der Waals surface area contributed by atoms with E-state index in [1.807, 2.05) is 4.57 Å². The highest BCUT2D eigenvalue weighted by atomic mass is 15.2. The molecule has 4 nitrogen and oxygen atoms in total. The van der Waals surface area contributed by atoms with Gasteiger partial charge in [-0.05, 0) is 43.4 Å². The topological polar surface area (TPSA) is 42.7 Å². The molecule has 1 aliphatic carbocycles. The van der Waals surface area contributed by atoms with Crippen molar-refractivity contribution in [2.45, 2.75) is 19.3 Å². The molecule has 1 aromatic heterocycles. The van der Waals surface area contributed by atoms with Crippen molar-refractivity contribution < 1.29 is 0 Å². The summed E-state index contributed by atoms with van der Waals surface area (Å²) in [5, 5.41) is 11.2. The van der Waals surface area contributed by atoms with E-state index in [-0.39, 0.29) is 0 Å². The van der Waals surface area contributed by atoms with Crippen molar-refractivity contribution in [2.75, 3.05) is 11.9 Å². The van der Waals surface area contributed by atoms with Crippen LogP contribution in [-0.2, 0) is 0 Å². The molecule has 1 aliphatic rings. The van der Waals surface area contributed by atoms with Crippen LogP contribution in [0.3, 0.4) is 0 Å². The Hall–Kier alpha value is -2.10. The van der Waals surface area contributed by atoms with E-state index in [0.717, 1.165) is 23.8 Å². The van der Waals surface area contributed by atoms with Crippen LogP contribution < -0.4 is 5.32 Å². The predicted molar refractivity (Wildman–Crippen MR) is 76.3 cm³/mol. The van der Waals surface area contributed by atoms with Gasteiger partial charge in [-0.25, -0.2) is 0 Å². The molecule has 19 heavy (non-hydrogen) atoms. The summed E-state index contributed by atoms with van der Waals surface area (Å²) >= 11 is 0. The van der Waals surface area contributed by atoms with Gasteiger partial charge in [-0.1, -0.05) is 18.2 Å². The molecule has 0 spiro atoms. The Balaban J connectivity index is 1.65. The van der Waals surface area contributed by atoms with Crippen molar-refractivity contribution >= 4 is 5.69 Å². The monoisotopic (exact) mass is 254 g/mol. The van der Waals surface area contributed by atoms with Gasteiger partial charge < -0.3 is 5.32 Å². The third kappa shape index (κ3) is 3.02. The maximum Gasteiger partial charge on any atom is 0.123 e. The van der Waals surface area contributed by atoms with Crippen LogP contribution >= 0.6 is 0 Å². The van der Waals surface area contributed by atoms with Crippen LogP contribution in [-0.4, -0.2) is 21.3 Å². The fourth-order valence-corrected chi connectivity index (χ4v) is 2.41. The fourth-order valence-electron chi connectivity index (χ4n) is 2.41. The van der Waals surface area contributed by atoms with Crippen LogP contribution in [0.2, 0.25) is 0 Å². The van der Waals surface area contributed by atoms with E-state index in [1.165, 1.54) is 19.3 Å². The van der Waals surface area contributed by atoms with Gasteiger partial charge in [0.05, 0.1) is 5.69 Å². The first-order valence-electron chi connectivity index (χ1n) is 6.76. The molecule has 0 bridgehead atoms. The van der Waals surface area contributed by atoms with E-state index in [1.54, 1.807) is 12.7 Å². The van der Waals surface area contributed by atoms with Crippen LogP contribution in [0.15, 0.2) is 49.1 Å². The zero-order valence-corrected chi connectivity index (χ0v) is 10.9. The molecule has 1 N–H and O–H groups in total. The van der Waals surface area contributed by atoms with Crippen molar-refractivity contribution in [1.82, 2.24) is 14.8 Å². The number of rotatable bonds is 4. The Kier molecular flexibility index (Phi) is 3.58. The Morgan fingerprint density at radius 2 is 2.11 bits per heavy atom. The smallest absolute Gasteiger partial charge is 0.123 e. The second kappa shape index (κ2) is 5.69. The van der Waals surface area contributed by atoms with Gasteiger partial charge in [-0.3, -0.25) is 4.57 Å². The minimum Gasteiger partial charge on any atom is -0.385 e. The number of hydrogen-bond acceptors (Lipinski definition) is 3. The third-order valence-electron chi connectivity index (χ3n) is 3.54. The quantitative estimate of drug-likeness (QED) is 0.853. The molecule has 1 unspecified atom stereocenters. The highest BCUT2D eigenvalue weighted by molar-refractivity contribution is 5.51. The zero-order valence-electron chi connectivity index (χ0n) is 10.9. The standard InChI is InChI=1S/C15H18N4/c1-2-5-13(6-3-1)10-16-14-7-4-8-15(9-14)19-11-17-18-12-19/h1-2,4,7-9,11-13,16H,3,5-6,10H2. The van der Waals surface area contributed by atoms with Crippen LogP contribution in [0.1, 0.15) is 19.3 Å². The lowest BCUT2D eigenvalue weighted by atomic mass is 9.94. The average Bonchev–Trinajstić information content (AvgIpc) is 3.01. The second-order valence-corrected chi connectivity index (χ2v) is 4.95. The largest absolute Gasteiger partial charge is 0.385 e. The first-order chi connectivity index (χ1) is 9.42. The molecule has 1 atom stereocenters. The molecule has 0 aliphatic heterocycles. The Labute approximate surface area is 113 Å². The lowest BCUT2D eigenvalue weighted by Crippen LogP contribution is -2.15. The number of benzene rings is 1. The normalized spacial score (nSPS) is 18.4. The molecule has 3 rings (SSSR count). The van der Waals surface area contributed by atoms with E-state index in [4.69, 9.17) is 0 Å². The number of anilines is 1. The number of nitrogens with zero attached hydrogens (tertiary/aromatic N) is 3. The van der Waals surface area contributed by atoms with Crippen LogP contribution in [0.5, 0.6) is 0 Å². The van der Waals surface area contributed by atoms with Crippen LogP contribution in [0.4, 0.5) is 5.69 Å². The van der Waals surface area contributed by atoms with Crippen LogP contribution in [0.25, 0.3) is 5.69 Å². The molecule has 0 saturated heterocycles. The van der Waals surface area contributed by atoms with Gasteiger partial charge in [0.25, 0.3) is 0 Å². The van der Waals surface area contributed by atoms with Crippen molar-refractivity contribution in [3.8, 4) is 5.69 Å². The van der Waals surface area contributed by atoms with E-state index in [0.29, 0.717) is 0 Å². The van der Waals surface area contributed by atoms with Crippen LogP contribution in [0, 0.1) is 5.92 Å². The van der Waals surface area contributed by atoms with E-state index < -0.39 is 0 Å². The highest BCUT2D eigenvalue weighted by Gasteiger charge is 2.09. The molecular formula is C15H18N4. The van der Waals surface area contributed by atoms with Crippen molar-refractivity contribution in [3.63, 3.8) is 0 Å². The predicted octanol–water partition coefficient (Wildman–Crippen LogP) is 3.04. The summed E-state index contributed by atoms with van der Waals surface area (Å²) in [6.07, 6.45) is 11.7. The molecule has 0 radical (unpaired) electrons. The number of nitrogens with one attached hydrogen (secondary N) is 1. The summed E-state index contributed by atoms with van der Waals surface area (Å²) in [7, 11) is 0. The molecule has 0 amide bonds. The van der Waals surface area contributed by atoms with Gasteiger partial charge >= 0.3 is 0 Å². The van der Waals surface area contributed by atoms with Gasteiger partial charge in [0.1, 0.15) is 12.7 Å². The van der Waals surface area contributed by atoms with Crippen molar-refractivity contribution in [2.24, 2.45) is 5.92 Å². The summed E-state index contributed by atoms with van der Waals surface area (Å²) in [4.78, 5) is 0. The lowest BCUT2D eigenvalue weighted by molar-refractivity contribution is 0.504. The molecule has 0 saturated carbocycles. The zero-order chi connectivity index (χ0) is 12.9. The fraction of sp³-hybridized carbons (Fsp3) is 0.333. The third-order valence-corrected chi connectivity index (χ3v) is 3.54. The van der Waals surface area contributed by atoms with E-state index in [2.05, 4.69) is 51.9 Å². The highest BCUT2D eigenvalue weighted by Crippen LogP contribution is 2.20. The summed E-state index contributed by atoms with van der Waals surface area (Å²) < 4.78 is 1.91. The molecule has 98 valence electrons. The van der Waals surface area contributed by atoms with E-state index >= 15 is 0 Å². The molecule has 4 heteroatoms. The van der Waals surface area contributed by atoms with Gasteiger partial charge in [0.2, 0.25) is 0 Å². The van der Waals surface area contributed by atoms with Crippen molar-refractivity contribution in [3.05, 3.63) is 49.1 Å². The summed E-state index contributed by atoms with van der Waals surface area (Å²) in [6.45, 7) is 1.04. The SMILES string of the molecule is C1=CCC(CNc2cccc(-n3cnnc3)c2)CC1. The minimum atomic E-state index is 0.753. The lowest BCUT2D eigenvalue weighted by Gasteiger charge is -2.19. The van der Waals surface area contributed by atoms with Crippen molar-refractivity contribution in [1.29, 1.82) is 0 Å². The number of aromatic nitrogens is 3. The van der Waals surface area contributed by atoms with Gasteiger partial charge in [-0.2, -0.15) is 0 Å². The number of allylic oxidation sites excluding steroid dienone is 2. The molecule has 1 aromatic carbocycles. The molecule has 1 heterocycles. The summed E-state index contributed by atoms with van der Waals surface area (Å²) in [6, 6.07) is 8.34. The van der Waals surface area contributed by atoms with Gasteiger partial charge in [0, 0.05) is 12.2 Å². The minimum absolute atomic E-state index is 0.753. The maximum atomic E-state index is 3.83. The summed E-state index contributed by atoms with van der Waals surface area (Å²) in [5.41, 5.74) is 2.24.